The first-order valence-corrected chi connectivity index (χ1v) is 7.56. The van der Waals surface area contributed by atoms with Gasteiger partial charge in [-0.25, -0.2) is 0 Å². The summed E-state index contributed by atoms with van der Waals surface area (Å²) in [6.07, 6.45) is 3.88. The zero-order chi connectivity index (χ0) is 14.0. The van der Waals surface area contributed by atoms with Gasteiger partial charge in [-0.3, -0.25) is 4.79 Å². The van der Waals surface area contributed by atoms with Gasteiger partial charge < -0.3 is 15.8 Å². The Bertz CT molecular complexity index is 326. The van der Waals surface area contributed by atoms with Crippen molar-refractivity contribution in [2.24, 2.45) is 23.5 Å². The largest absolute Gasteiger partial charge is 0.379 e. The standard InChI is InChI=1S/C15H28N2O2/c1-10-7-11(2)13(16)8-12(10)14(18)17-15(3)5-4-6-19-9-15/h10-13H,4-9,16H2,1-3H3,(H,17,18). The molecule has 1 heterocycles. The third kappa shape index (κ3) is 3.48. The van der Waals surface area contributed by atoms with Crippen LogP contribution >= 0.6 is 0 Å². The molecular formula is C15H28N2O2. The van der Waals surface area contributed by atoms with Gasteiger partial charge in [-0.2, -0.15) is 0 Å². The van der Waals surface area contributed by atoms with Crippen molar-refractivity contribution in [1.29, 1.82) is 0 Å². The molecule has 5 unspecified atom stereocenters. The average Bonchev–Trinajstić information content (AvgIpc) is 2.34. The number of carbonyl (C=O) groups excluding carboxylic acids is 1. The molecule has 0 bridgehead atoms. The second kappa shape index (κ2) is 5.80. The molecule has 0 aromatic heterocycles. The van der Waals surface area contributed by atoms with E-state index in [0.717, 1.165) is 32.3 Å². The molecule has 2 aliphatic rings. The second-order valence-electron chi connectivity index (χ2n) is 6.90. The second-order valence-corrected chi connectivity index (χ2v) is 6.90. The van der Waals surface area contributed by atoms with E-state index in [2.05, 4.69) is 26.1 Å². The Morgan fingerprint density at radius 3 is 2.68 bits per heavy atom. The number of carbonyl (C=O) groups is 1. The molecule has 1 aliphatic heterocycles. The highest BCUT2D eigenvalue weighted by Gasteiger charge is 2.38. The van der Waals surface area contributed by atoms with Crippen LogP contribution in [0.4, 0.5) is 0 Å². The van der Waals surface area contributed by atoms with Gasteiger partial charge in [0.2, 0.25) is 5.91 Å². The van der Waals surface area contributed by atoms with Crippen molar-refractivity contribution in [2.45, 2.75) is 58.0 Å². The zero-order valence-electron chi connectivity index (χ0n) is 12.4. The first-order chi connectivity index (χ1) is 8.91. The number of nitrogens with two attached hydrogens (primary N) is 1. The molecule has 0 aromatic carbocycles. The van der Waals surface area contributed by atoms with Gasteiger partial charge in [0.05, 0.1) is 12.1 Å². The van der Waals surface area contributed by atoms with Crippen LogP contribution < -0.4 is 11.1 Å². The van der Waals surface area contributed by atoms with E-state index in [4.69, 9.17) is 10.5 Å². The van der Waals surface area contributed by atoms with E-state index in [1.165, 1.54) is 0 Å². The fourth-order valence-electron chi connectivity index (χ4n) is 3.47. The van der Waals surface area contributed by atoms with Crippen molar-refractivity contribution >= 4 is 5.91 Å². The van der Waals surface area contributed by atoms with Crippen LogP contribution in [-0.2, 0) is 9.53 Å². The number of rotatable bonds is 2. The van der Waals surface area contributed by atoms with Crippen LogP contribution in [0.3, 0.4) is 0 Å². The SMILES string of the molecule is CC1CC(C)C(C(=O)NC2(C)CCCOC2)CC1N. The molecule has 5 atom stereocenters. The molecule has 3 N–H and O–H groups in total. The molecule has 0 radical (unpaired) electrons. The van der Waals surface area contributed by atoms with Crippen molar-refractivity contribution in [3.8, 4) is 0 Å². The Morgan fingerprint density at radius 1 is 1.32 bits per heavy atom. The lowest BCUT2D eigenvalue weighted by Crippen LogP contribution is -2.55. The number of nitrogens with one attached hydrogen (secondary N) is 1. The summed E-state index contributed by atoms with van der Waals surface area (Å²) < 4.78 is 5.50. The first kappa shape index (κ1) is 14.8. The number of hydrogen-bond acceptors (Lipinski definition) is 3. The minimum Gasteiger partial charge on any atom is -0.379 e. The fraction of sp³-hybridized carbons (Fsp3) is 0.933. The summed E-state index contributed by atoms with van der Waals surface area (Å²) >= 11 is 0. The highest BCUT2D eigenvalue weighted by molar-refractivity contribution is 5.80. The maximum Gasteiger partial charge on any atom is 0.223 e. The van der Waals surface area contributed by atoms with Gasteiger partial charge in [0.15, 0.2) is 0 Å². The Hall–Kier alpha value is -0.610. The molecule has 1 saturated carbocycles. The lowest BCUT2D eigenvalue weighted by Gasteiger charge is -2.40. The molecule has 2 fully saturated rings. The van der Waals surface area contributed by atoms with Crippen LogP contribution in [0, 0.1) is 17.8 Å². The molecule has 110 valence electrons. The Morgan fingerprint density at radius 2 is 2.05 bits per heavy atom. The zero-order valence-corrected chi connectivity index (χ0v) is 12.4. The van der Waals surface area contributed by atoms with Gasteiger partial charge in [-0.15, -0.1) is 0 Å². The van der Waals surface area contributed by atoms with E-state index in [1.807, 2.05) is 0 Å². The van der Waals surface area contributed by atoms with Gasteiger partial charge in [-0.05, 0) is 44.4 Å². The molecule has 4 heteroatoms. The maximum atomic E-state index is 12.5. The number of hydrogen-bond donors (Lipinski definition) is 2. The number of amides is 1. The summed E-state index contributed by atoms with van der Waals surface area (Å²) in [5, 5.41) is 3.21. The normalized spacial score (nSPS) is 43.8. The van der Waals surface area contributed by atoms with Crippen LogP contribution in [0.1, 0.15) is 46.5 Å². The van der Waals surface area contributed by atoms with E-state index < -0.39 is 0 Å². The molecule has 1 amide bonds. The Kier molecular flexibility index (Phi) is 4.51. The summed E-state index contributed by atoms with van der Waals surface area (Å²) in [6.45, 7) is 7.88. The average molecular weight is 268 g/mol. The van der Waals surface area contributed by atoms with Crippen LogP contribution in [0.2, 0.25) is 0 Å². The summed E-state index contributed by atoms with van der Waals surface area (Å²) in [6, 6.07) is 0.155. The van der Waals surface area contributed by atoms with Crippen molar-refractivity contribution < 1.29 is 9.53 Å². The molecule has 1 aliphatic carbocycles. The van der Waals surface area contributed by atoms with Crippen molar-refractivity contribution in [2.75, 3.05) is 13.2 Å². The molecule has 0 spiro atoms. The smallest absolute Gasteiger partial charge is 0.223 e. The Balaban J connectivity index is 1.95. The third-order valence-electron chi connectivity index (χ3n) is 4.89. The van der Waals surface area contributed by atoms with E-state index >= 15 is 0 Å². The summed E-state index contributed by atoms with van der Waals surface area (Å²) in [5.74, 6) is 1.17. The Labute approximate surface area is 116 Å². The monoisotopic (exact) mass is 268 g/mol. The van der Waals surface area contributed by atoms with Gasteiger partial charge in [0.1, 0.15) is 0 Å². The van der Waals surface area contributed by atoms with Gasteiger partial charge in [0, 0.05) is 18.6 Å². The van der Waals surface area contributed by atoms with Crippen molar-refractivity contribution in [3.05, 3.63) is 0 Å². The van der Waals surface area contributed by atoms with Crippen LogP contribution in [0.5, 0.6) is 0 Å². The predicted octanol–water partition coefficient (Wildman–Crippen LogP) is 1.68. The van der Waals surface area contributed by atoms with Crippen LogP contribution in [0.25, 0.3) is 0 Å². The molecule has 1 saturated heterocycles. The van der Waals surface area contributed by atoms with E-state index in [-0.39, 0.29) is 23.4 Å². The summed E-state index contributed by atoms with van der Waals surface area (Å²) in [4.78, 5) is 12.5. The topological polar surface area (TPSA) is 64.3 Å². The molecule has 0 aromatic rings. The quantitative estimate of drug-likeness (QED) is 0.801. The van der Waals surface area contributed by atoms with Gasteiger partial charge in [0.25, 0.3) is 0 Å². The van der Waals surface area contributed by atoms with E-state index in [1.54, 1.807) is 0 Å². The van der Waals surface area contributed by atoms with Gasteiger partial charge >= 0.3 is 0 Å². The lowest BCUT2D eigenvalue weighted by atomic mass is 9.72. The molecule has 4 nitrogen and oxygen atoms in total. The number of ether oxygens (including phenoxy) is 1. The minimum atomic E-state index is -0.192. The lowest BCUT2D eigenvalue weighted by molar-refractivity contribution is -0.131. The predicted molar refractivity (Wildman–Crippen MR) is 75.6 cm³/mol. The van der Waals surface area contributed by atoms with E-state index in [0.29, 0.717) is 18.4 Å². The third-order valence-corrected chi connectivity index (χ3v) is 4.89. The minimum absolute atomic E-state index is 0.0601. The van der Waals surface area contributed by atoms with Crippen molar-refractivity contribution in [3.63, 3.8) is 0 Å². The molecule has 2 rings (SSSR count). The van der Waals surface area contributed by atoms with Gasteiger partial charge in [-0.1, -0.05) is 13.8 Å². The fourth-order valence-corrected chi connectivity index (χ4v) is 3.47. The van der Waals surface area contributed by atoms with Crippen LogP contribution in [-0.4, -0.2) is 30.7 Å². The summed E-state index contributed by atoms with van der Waals surface area (Å²) in [7, 11) is 0. The molecule has 19 heavy (non-hydrogen) atoms. The van der Waals surface area contributed by atoms with E-state index in [9.17, 15) is 4.79 Å². The summed E-state index contributed by atoms with van der Waals surface area (Å²) in [5.41, 5.74) is 5.94. The van der Waals surface area contributed by atoms with Crippen molar-refractivity contribution in [1.82, 2.24) is 5.32 Å². The highest BCUT2D eigenvalue weighted by Crippen LogP contribution is 2.33. The molecular weight excluding hydrogens is 240 g/mol. The van der Waals surface area contributed by atoms with Crippen LogP contribution in [0.15, 0.2) is 0 Å². The highest BCUT2D eigenvalue weighted by atomic mass is 16.5. The maximum absolute atomic E-state index is 12.5. The first-order valence-electron chi connectivity index (χ1n) is 7.56.